The molecule has 2 aliphatic rings. The van der Waals surface area contributed by atoms with E-state index >= 15 is 0 Å². The van der Waals surface area contributed by atoms with Gasteiger partial charge in [0.1, 0.15) is 0 Å². The first-order chi connectivity index (χ1) is 6.26. The molecule has 0 radical (unpaired) electrons. The van der Waals surface area contributed by atoms with Gasteiger partial charge in [-0.25, -0.2) is 0 Å². The average Bonchev–Trinajstić information content (AvgIpc) is 2.46. The first-order valence-electron chi connectivity index (χ1n) is 5.58. The molecule has 0 aromatic heterocycles. The smallest absolute Gasteiger partial charge is 0.223 e. The molecular weight excluding hydrogens is 162 g/mol. The molecule has 1 aliphatic carbocycles. The van der Waals surface area contributed by atoms with E-state index in [0.717, 1.165) is 12.8 Å². The van der Waals surface area contributed by atoms with E-state index in [-0.39, 0.29) is 5.54 Å². The minimum Gasteiger partial charge on any atom is -0.350 e. The maximum Gasteiger partial charge on any atom is 0.223 e. The van der Waals surface area contributed by atoms with Gasteiger partial charge in [-0.3, -0.25) is 4.79 Å². The normalized spacial score (nSPS) is 28.8. The van der Waals surface area contributed by atoms with E-state index in [4.69, 9.17) is 0 Å². The fourth-order valence-corrected chi connectivity index (χ4v) is 2.24. The summed E-state index contributed by atoms with van der Waals surface area (Å²) < 4.78 is 0. The highest BCUT2D eigenvalue weighted by Gasteiger charge is 2.46. The zero-order valence-corrected chi connectivity index (χ0v) is 9.02. The van der Waals surface area contributed by atoms with Crippen molar-refractivity contribution in [3.63, 3.8) is 0 Å². The van der Waals surface area contributed by atoms with E-state index in [9.17, 15) is 4.79 Å². The van der Waals surface area contributed by atoms with Crippen LogP contribution in [0.1, 0.15) is 52.9 Å². The molecule has 1 N–H and O–H groups in total. The molecule has 1 atom stereocenters. The van der Waals surface area contributed by atoms with Crippen LogP contribution < -0.4 is 5.32 Å². The van der Waals surface area contributed by atoms with Gasteiger partial charge in [0.25, 0.3) is 0 Å². The summed E-state index contributed by atoms with van der Waals surface area (Å²) in [5.41, 5.74) is 0.262. The highest BCUT2D eigenvalue weighted by Crippen LogP contribution is 2.42. The summed E-state index contributed by atoms with van der Waals surface area (Å²) in [7, 11) is 0. The molecule has 2 fully saturated rings. The van der Waals surface area contributed by atoms with Crippen molar-refractivity contribution in [1.29, 1.82) is 0 Å². The van der Waals surface area contributed by atoms with Crippen molar-refractivity contribution >= 4 is 5.91 Å². The monoisotopic (exact) mass is 183 g/mol. The molecule has 1 spiro atoms. The van der Waals surface area contributed by atoms with E-state index in [2.05, 4.69) is 12.2 Å². The third-order valence-electron chi connectivity index (χ3n) is 3.20. The van der Waals surface area contributed by atoms with Crippen LogP contribution in [0.5, 0.6) is 0 Å². The van der Waals surface area contributed by atoms with E-state index < -0.39 is 0 Å². The Morgan fingerprint density at radius 2 is 2.08 bits per heavy atom. The van der Waals surface area contributed by atoms with Crippen LogP contribution in [-0.2, 0) is 4.79 Å². The predicted molar refractivity (Wildman–Crippen MR) is 54.5 cm³/mol. The van der Waals surface area contributed by atoms with E-state index in [0.29, 0.717) is 11.8 Å². The summed E-state index contributed by atoms with van der Waals surface area (Å²) in [5, 5.41) is 3.13. The maximum atomic E-state index is 11.3. The Hall–Kier alpha value is -0.530. The van der Waals surface area contributed by atoms with Gasteiger partial charge in [0.15, 0.2) is 0 Å². The highest BCUT2D eigenvalue weighted by molar-refractivity contribution is 5.82. The van der Waals surface area contributed by atoms with E-state index in [1.807, 2.05) is 13.8 Å². The molecule has 2 heteroatoms. The van der Waals surface area contributed by atoms with Crippen molar-refractivity contribution in [3.8, 4) is 0 Å². The Labute approximate surface area is 81.1 Å². The van der Waals surface area contributed by atoms with Crippen LogP contribution in [0, 0.1) is 5.92 Å². The molecule has 1 amide bonds. The number of amides is 1. The fraction of sp³-hybridized carbons (Fsp3) is 0.909. The Kier molecular flexibility index (Phi) is 3.34. The lowest BCUT2D eigenvalue weighted by Crippen LogP contribution is -2.47. The molecule has 2 nitrogen and oxygen atoms in total. The Morgan fingerprint density at radius 1 is 1.46 bits per heavy atom. The first kappa shape index (κ1) is 10.6. The third-order valence-corrected chi connectivity index (χ3v) is 3.20. The molecule has 0 aromatic rings. The van der Waals surface area contributed by atoms with Crippen molar-refractivity contribution in [1.82, 2.24) is 5.32 Å². The standard InChI is InChI=1S/C9H15NO.C2H6/c1-2-7-6-9(4-3-5-9)10-8(7)11;1-2/h7H,2-6H2,1H3,(H,10,11);1-2H3. The lowest BCUT2D eigenvalue weighted by Gasteiger charge is -2.38. The SMILES string of the molecule is CC.CCC1CC2(CCC2)NC1=O. The molecule has 0 aromatic carbocycles. The van der Waals surface area contributed by atoms with Gasteiger partial charge in [-0.15, -0.1) is 0 Å². The van der Waals surface area contributed by atoms with Gasteiger partial charge < -0.3 is 5.32 Å². The number of carbonyl (C=O) groups excluding carboxylic acids is 1. The topological polar surface area (TPSA) is 29.1 Å². The minimum absolute atomic E-state index is 0.262. The molecular formula is C11H21NO. The van der Waals surface area contributed by atoms with Gasteiger partial charge in [0.05, 0.1) is 0 Å². The summed E-state index contributed by atoms with van der Waals surface area (Å²) in [6, 6.07) is 0. The van der Waals surface area contributed by atoms with Gasteiger partial charge in [-0.1, -0.05) is 20.8 Å². The lowest BCUT2D eigenvalue weighted by atomic mass is 9.74. The summed E-state index contributed by atoms with van der Waals surface area (Å²) in [4.78, 5) is 11.3. The molecule has 76 valence electrons. The minimum atomic E-state index is 0.262. The van der Waals surface area contributed by atoms with Gasteiger partial charge in [-0.2, -0.15) is 0 Å². The van der Waals surface area contributed by atoms with E-state index in [1.54, 1.807) is 0 Å². The summed E-state index contributed by atoms with van der Waals surface area (Å²) in [6.07, 6.45) is 5.84. The predicted octanol–water partition coefficient (Wildman–Crippen LogP) is 2.48. The zero-order valence-electron chi connectivity index (χ0n) is 9.02. The number of nitrogens with one attached hydrogen (secondary N) is 1. The van der Waals surface area contributed by atoms with Crippen LogP contribution in [0.3, 0.4) is 0 Å². The number of hydrogen-bond acceptors (Lipinski definition) is 1. The van der Waals surface area contributed by atoms with Gasteiger partial charge in [-0.05, 0) is 32.1 Å². The van der Waals surface area contributed by atoms with Gasteiger partial charge in [0, 0.05) is 11.5 Å². The summed E-state index contributed by atoms with van der Waals surface area (Å²) >= 11 is 0. The zero-order chi connectivity index (χ0) is 9.90. The molecule has 0 bridgehead atoms. The molecule has 13 heavy (non-hydrogen) atoms. The van der Waals surface area contributed by atoms with Gasteiger partial charge >= 0.3 is 0 Å². The largest absolute Gasteiger partial charge is 0.350 e. The second kappa shape index (κ2) is 4.12. The van der Waals surface area contributed by atoms with Crippen molar-refractivity contribution in [2.45, 2.75) is 58.4 Å². The Bertz CT molecular complexity index is 185. The molecule has 1 saturated carbocycles. The van der Waals surface area contributed by atoms with Crippen LogP contribution in [0.25, 0.3) is 0 Å². The van der Waals surface area contributed by atoms with Gasteiger partial charge in [0.2, 0.25) is 5.91 Å². The third kappa shape index (κ3) is 1.87. The molecule has 2 rings (SSSR count). The Morgan fingerprint density at radius 3 is 2.31 bits per heavy atom. The molecule has 1 unspecified atom stereocenters. The molecule has 1 saturated heterocycles. The van der Waals surface area contributed by atoms with Crippen molar-refractivity contribution in [2.75, 3.05) is 0 Å². The van der Waals surface area contributed by atoms with Crippen molar-refractivity contribution in [2.24, 2.45) is 5.92 Å². The Balaban J connectivity index is 0.000000396. The second-order valence-corrected chi connectivity index (χ2v) is 3.93. The quantitative estimate of drug-likeness (QED) is 0.665. The highest BCUT2D eigenvalue weighted by atomic mass is 16.2. The van der Waals surface area contributed by atoms with Crippen LogP contribution in [0.15, 0.2) is 0 Å². The van der Waals surface area contributed by atoms with Crippen LogP contribution in [0.2, 0.25) is 0 Å². The fourth-order valence-electron chi connectivity index (χ4n) is 2.24. The number of carbonyl (C=O) groups is 1. The summed E-state index contributed by atoms with van der Waals surface area (Å²) in [5.74, 6) is 0.613. The van der Waals surface area contributed by atoms with E-state index in [1.165, 1.54) is 19.3 Å². The lowest BCUT2D eigenvalue weighted by molar-refractivity contribution is -0.123. The molecule has 1 aliphatic heterocycles. The van der Waals surface area contributed by atoms with Crippen LogP contribution in [0.4, 0.5) is 0 Å². The molecule has 1 heterocycles. The van der Waals surface area contributed by atoms with Crippen molar-refractivity contribution in [3.05, 3.63) is 0 Å². The van der Waals surface area contributed by atoms with Crippen LogP contribution in [-0.4, -0.2) is 11.4 Å². The first-order valence-corrected chi connectivity index (χ1v) is 5.58. The average molecular weight is 183 g/mol. The van der Waals surface area contributed by atoms with Crippen LogP contribution >= 0.6 is 0 Å². The summed E-state index contributed by atoms with van der Waals surface area (Å²) in [6.45, 7) is 6.10. The number of hydrogen-bond donors (Lipinski definition) is 1. The number of rotatable bonds is 1. The second-order valence-electron chi connectivity index (χ2n) is 3.93. The maximum absolute atomic E-state index is 11.3. The van der Waals surface area contributed by atoms with Crippen molar-refractivity contribution < 1.29 is 4.79 Å².